The second-order valence-corrected chi connectivity index (χ2v) is 7.27. The lowest BCUT2D eigenvalue weighted by molar-refractivity contribution is 0.0443. The Morgan fingerprint density at radius 1 is 1.10 bits per heavy atom. The van der Waals surface area contributed by atoms with Gasteiger partial charge in [-0.3, -0.25) is 4.90 Å². The van der Waals surface area contributed by atoms with Gasteiger partial charge in [0.15, 0.2) is 0 Å². The molecule has 0 N–H and O–H groups in total. The van der Waals surface area contributed by atoms with E-state index in [9.17, 15) is 5.26 Å². The molecule has 0 aromatic heterocycles. The van der Waals surface area contributed by atoms with E-state index >= 15 is 0 Å². The lowest BCUT2D eigenvalue weighted by Gasteiger charge is -2.45. The minimum atomic E-state index is 0.266. The van der Waals surface area contributed by atoms with Crippen LogP contribution < -0.4 is 0 Å². The van der Waals surface area contributed by atoms with E-state index in [0.29, 0.717) is 12.1 Å². The van der Waals surface area contributed by atoms with E-state index in [1.54, 1.807) is 0 Å². The van der Waals surface area contributed by atoms with Crippen molar-refractivity contribution in [3.63, 3.8) is 0 Å². The minimum absolute atomic E-state index is 0.266. The van der Waals surface area contributed by atoms with Crippen molar-refractivity contribution in [3.8, 4) is 6.07 Å². The average Bonchev–Trinajstić information content (AvgIpc) is 2.47. The summed E-state index contributed by atoms with van der Waals surface area (Å²) < 4.78 is 0. The first-order chi connectivity index (χ1) is 9.67. The van der Waals surface area contributed by atoms with Crippen LogP contribution in [0.25, 0.3) is 0 Å². The monoisotopic (exact) mass is 276 g/mol. The zero-order valence-electron chi connectivity index (χ0n) is 13.6. The van der Waals surface area contributed by atoms with Crippen LogP contribution in [-0.4, -0.2) is 24.0 Å². The van der Waals surface area contributed by atoms with Gasteiger partial charge in [0.25, 0.3) is 0 Å². The molecule has 5 unspecified atom stereocenters. The summed E-state index contributed by atoms with van der Waals surface area (Å²) in [4.78, 5) is 2.61. The van der Waals surface area contributed by atoms with Crippen LogP contribution in [0.1, 0.15) is 71.6 Å². The van der Waals surface area contributed by atoms with Gasteiger partial charge < -0.3 is 0 Å². The Morgan fingerprint density at radius 3 is 2.50 bits per heavy atom. The van der Waals surface area contributed by atoms with E-state index in [1.807, 2.05) is 0 Å². The van der Waals surface area contributed by atoms with Crippen LogP contribution in [0.4, 0.5) is 0 Å². The molecule has 5 atom stereocenters. The van der Waals surface area contributed by atoms with Gasteiger partial charge in [0.05, 0.1) is 12.0 Å². The highest BCUT2D eigenvalue weighted by atomic mass is 15.2. The molecule has 2 saturated carbocycles. The molecule has 0 radical (unpaired) electrons. The summed E-state index contributed by atoms with van der Waals surface area (Å²) in [5.74, 6) is 1.93. The van der Waals surface area contributed by atoms with Gasteiger partial charge in [-0.2, -0.15) is 5.26 Å². The second-order valence-electron chi connectivity index (χ2n) is 7.27. The number of nitrogens with zero attached hydrogens (tertiary/aromatic N) is 2. The molecule has 2 aliphatic rings. The molecule has 0 saturated heterocycles. The molecule has 0 amide bonds. The highest BCUT2D eigenvalue weighted by molar-refractivity contribution is 4.99. The van der Waals surface area contributed by atoms with E-state index in [4.69, 9.17) is 0 Å². The van der Waals surface area contributed by atoms with Crippen LogP contribution >= 0.6 is 0 Å². The summed E-state index contributed by atoms with van der Waals surface area (Å²) in [5.41, 5.74) is 0. The van der Waals surface area contributed by atoms with Gasteiger partial charge in [-0.1, -0.05) is 39.5 Å². The van der Waals surface area contributed by atoms with Crippen molar-refractivity contribution < 1.29 is 0 Å². The van der Waals surface area contributed by atoms with Crippen LogP contribution in [0.15, 0.2) is 0 Å². The van der Waals surface area contributed by atoms with Crippen LogP contribution in [0.5, 0.6) is 0 Å². The zero-order chi connectivity index (χ0) is 14.5. The van der Waals surface area contributed by atoms with E-state index in [0.717, 1.165) is 18.3 Å². The van der Waals surface area contributed by atoms with Crippen molar-refractivity contribution in [1.29, 1.82) is 5.26 Å². The smallest absolute Gasteiger partial charge is 0.0672 e. The van der Waals surface area contributed by atoms with Crippen molar-refractivity contribution in [2.24, 2.45) is 17.8 Å². The Kier molecular flexibility index (Phi) is 5.90. The fourth-order valence-corrected chi connectivity index (χ4v) is 4.65. The SMILES string of the molecule is CCCC1CCC(C#N)C(N(C)C2CCCCC2C)C1. The molecule has 20 heavy (non-hydrogen) atoms. The summed E-state index contributed by atoms with van der Waals surface area (Å²) in [6, 6.07) is 3.83. The number of hydrogen-bond acceptors (Lipinski definition) is 2. The third kappa shape index (κ3) is 3.55. The molecule has 0 aliphatic heterocycles. The van der Waals surface area contributed by atoms with Crippen LogP contribution in [0.3, 0.4) is 0 Å². The Balaban J connectivity index is 2.03. The third-order valence-corrected chi connectivity index (χ3v) is 5.90. The molecule has 2 fully saturated rings. The molecule has 2 nitrogen and oxygen atoms in total. The predicted molar refractivity (Wildman–Crippen MR) is 84.3 cm³/mol. The zero-order valence-corrected chi connectivity index (χ0v) is 13.6. The van der Waals surface area contributed by atoms with E-state index in [1.165, 1.54) is 51.4 Å². The molecular weight excluding hydrogens is 244 g/mol. The first kappa shape index (κ1) is 15.8. The summed E-state index contributed by atoms with van der Waals surface area (Å²) in [5, 5.41) is 9.51. The fourth-order valence-electron chi connectivity index (χ4n) is 4.65. The normalized spacial score (nSPS) is 38.6. The lowest BCUT2D eigenvalue weighted by Crippen LogP contribution is -2.50. The van der Waals surface area contributed by atoms with Crippen molar-refractivity contribution in [1.82, 2.24) is 4.90 Å². The van der Waals surface area contributed by atoms with Gasteiger partial charge in [0.2, 0.25) is 0 Å². The van der Waals surface area contributed by atoms with Gasteiger partial charge >= 0.3 is 0 Å². The molecule has 2 aliphatic carbocycles. The number of nitriles is 1. The largest absolute Gasteiger partial charge is 0.299 e. The van der Waals surface area contributed by atoms with Crippen molar-refractivity contribution in [2.75, 3.05) is 7.05 Å². The van der Waals surface area contributed by atoms with Crippen molar-refractivity contribution in [2.45, 2.75) is 83.7 Å². The quantitative estimate of drug-likeness (QED) is 0.750. The molecular formula is C18H32N2. The molecule has 114 valence electrons. The maximum atomic E-state index is 9.51. The van der Waals surface area contributed by atoms with Crippen LogP contribution in [-0.2, 0) is 0 Å². The minimum Gasteiger partial charge on any atom is -0.299 e. The fraction of sp³-hybridized carbons (Fsp3) is 0.944. The summed E-state index contributed by atoms with van der Waals surface area (Å²) in [7, 11) is 2.30. The van der Waals surface area contributed by atoms with Crippen molar-refractivity contribution >= 4 is 0 Å². The molecule has 0 aromatic carbocycles. The Bertz CT molecular complexity index is 333. The van der Waals surface area contributed by atoms with E-state index < -0.39 is 0 Å². The summed E-state index contributed by atoms with van der Waals surface area (Å²) in [6.45, 7) is 4.70. The third-order valence-electron chi connectivity index (χ3n) is 5.90. The highest BCUT2D eigenvalue weighted by Gasteiger charge is 2.37. The Labute approximate surface area is 125 Å². The van der Waals surface area contributed by atoms with Gasteiger partial charge in [-0.05, 0) is 51.0 Å². The predicted octanol–water partition coefficient (Wildman–Crippen LogP) is 4.61. The second kappa shape index (κ2) is 7.46. The van der Waals surface area contributed by atoms with E-state index in [2.05, 4.69) is 31.9 Å². The van der Waals surface area contributed by atoms with Crippen LogP contribution in [0, 0.1) is 29.1 Å². The van der Waals surface area contributed by atoms with Crippen LogP contribution in [0.2, 0.25) is 0 Å². The van der Waals surface area contributed by atoms with Gasteiger partial charge in [-0.25, -0.2) is 0 Å². The van der Waals surface area contributed by atoms with Crippen molar-refractivity contribution in [3.05, 3.63) is 0 Å². The average molecular weight is 276 g/mol. The Hall–Kier alpha value is -0.550. The molecule has 0 aromatic rings. The molecule has 0 bridgehead atoms. The van der Waals surface area contributed by atoms with Gasteiger partial charge in [0, 0.05) is 12.1 Å². The first-order valence-electron chi connectivity index (χ1n) is 8.78. The van der Waals surface area contributed by atoms with Gasteiger partial charge in [-0.15, -0.1) is 0 Å². The number of rotatable bonds is 4. The first-order valence-corrected chi connectivity index (χ1v) is 8.78. The standard InChI is InChI=1S/C18H32N2/c1-4-7-15-10-11-16(13-19)18(12-15)20(3)17-9-6-5-8-14(17)2/h14-18H,4-12H2,1-3H3. The lowest BCUT2D eigenvalue weighted by atomic mass is 9.75. The Morgan fingerprint density at radius 2 is 1.85 bits per heavy atom. The summed E-state index contributed by atoms with van der Waals surface area (Å²) >= 11 is 0. The van der Waals surface area contributed by atoms with E-state index in [-0.39, 0.29) is 5.92 Å². The molecule has 2 rings (SSSR count). The highest BCUT2D eigenvalue weighted by Crippen LogP contribution is 2.37. The molecule has 0 heterocycles. The number of hydrogen-bond donors (Lipinski definition) is 0. The summed E-state index contributed by atoms with van der Waals surface area (Å²) in [6.07, 6.45) is 11.8. The maximum absolute atomic E-state index is 9.51. The maximum Gasteiger partial charge on any atom is 0.0672 e. The topological polar surface area (TPSA) is 27.0 Å². The van der Waals surface area contributed by atoms with Gasteiger partial charge in [0.1, 0.15) is 0 Å². The molecule has 2 heteroatoms. The molecule has 0 spiro atoms.